The summed E-state index contributed by atoms with van der Waals surface area (Å²) >= 11 is 0. The zero-order valence-electron chi connectivity index (χ0n) is 17.9. The molecule has 0 amide bonds. The zero-order chi connectivity index (χ0) is 24.0. The van der Waals surface area contributed by atoms with Gasteiger partial charge in [0.05, 0.1) is 5.56 Å². The molecule has 0 spiro atoms. The second-order valence-electron chi connectivity index (χ2n) is 7.38. The van der Waals surface area contributed by atoms with E-state index in [0.29, 0.717) is 22.7 Å². The second kappa shape index (κ2) is 10.1. The summed E-state index contributed by atoms with van der Waals surface area (Å²) in [6.45, 7) is 0. The van der Waals surface area contributed by atoms with E-state index in [9.17, 15) is 17.7 Å². The largest absolute Gasteiger partial charge is 0.457 e. The average Bonchev–Trinajstić information content (AvgIpc) is 2.84. The molecule has 1 N–H and O–H groups in total. The summed E-state index contributed by atoms with van der Waals surface area (Å²) in [6.07, 6.45) is -4.46. The Kier molecular flexibility index (Phi) is 6.94. The molecule has 0 aliphatic rings. The molecular weight excluding hydrogens is 462 g/mol. The smallest absolute Gasteiger partial charge is 0.414 e. The van der Waals surface area contributed by atoms with E-state index in [4.69, 9.17) is 9.05 Å². The predicted octanol–water partition coefficient (Wildman–Crippen LogP) is 8.17. The van der Waals surface area contributed by atoms with Crippen molar-refractivity contribution in [3.05, 3.63) is 126 Å². The van der Waals surface area contributed by atoms with E-state index in [0.717, 1.165) is 12.1 Å². The molecule has 174 valence electrons. The average molecular weight is 483 g/mol. The lowest BCUT2D eigenvalue weighted by Crippen LogP contribution is -2.18. The van der Waals surface area contributed by atoms with Crippen molar-refractivity contribution in [2.45, 2.75) is 12.0 Å². The van der Waals surface area contributed by atoms with Gasteiger partial charge in [-0.3, -0.25) is 0 Å². The summed E-state index contributed by atoms with van der Waals surface area (Å²) in [7, 11) is -4.04. The number of rotatable bonds is 8. The van der Waals surface area contributed by atoms with Gasteiger partial charge in [-0.2, -0.15) is 13.2 Å². The van der Waals surface area contributed by atoms with Crippen LogP contribution in [0.1, 0.15) is 16.9 Å². The van der Waals surface area contributed by atoms with E-state index in [1.165, 1.54) is 12.1 Å². The van der Waals surface area contributed by atoms with Crippen LogP contribution in [0.2, 0.25) is 0 Å². The van der Waals surface area contributed by atoms with Crippen molar-refractivity contribution in [2.24, 2.45) is 0 Å². The molecule has 8 heteroatoms. The zero-order valence-corrected chi connectivity index (χ0v) is 18.7. The van der Waals surface area contributed by atoms with Crippen LogP contribution in [0.3, 0.4) is 0 Å². The molecular formula is C26H21F3NO3P. The maximum Gasteiger partial charge on any atom is 0.457 e. The molecule has 4 nitrogen and oxygen atoms in total. The van der Waals surface area contributed by atoms with E-state index in [1.807, 2.05) is 0 Å². The fraction of sp³-hybridized carbons (Fsp3) is 0.0769. The molecule has 0 heterocycles. The van der Waals surface area contributed by atoms with E-state index in [-0.39, 0.29) is 0 Å². The molecule has 34 heavy (non-hydrogen) atoms. The summed E-state index contributed by atoms with van der Waals surface area (Å²) < 4.78 is 65.4. The number of halogens is 3. The van der Waals surface area contributed by atoms with Gasteiger partial charge in [-0.05, 0) is 54.1 Å². The number of nitrogens with one attached hydrogen (secondary N) is 1. The number of benzene rings is 4. The van der Waals surface area contributed by atoms with Gasteiger partial charge in [-0.1, -0.05) is 66.7 Å². The third-order valence-electron chi connectivity index (χ3n) is 4.90. The first kappa shape index (κ1) is 23.5. The maximum absolute atomic E-state index is 14.4. The van der Waals surface area contributed by atoms with Crippen LogP contribution in [-0.2, 0) is 10.7 Å². The van der Waals surface area contributed by atoms with Crippen LogP contribution in [0.5, 0.6) is 11.5 Å². The van der Waals surface area contributed by atoms with Crippen LogP contribution in [0.4, 0.5) is 18.9 Å². The minimum absolute atomic E-state index is 0.329. The second-order valence-corrected chi connectivity index (χ2v) is 9.34. The van der Waals surface area contributed by atoms with E-state index in [1.54, 1.807) is 91.0 Å². The van der Waals surface area contributed by atoms with Gasteiger partial charge in [-0.15, -0.1) is 0 Å². The predicted molar refractivity (Wildman–Crippen MR) is 126 cm³/mol. The van der Waals surface area contributed by atoms with Gasteiger partial charge in [0, 0.05) is 5.69 Å². The Morgan fingerprint density at radius 3 is 1.53 bits per heavy atom. The lowest BCUT2D eigenvalue weighted by Gasteiger charge is -2.29. The minimum Gasteiger partial charge on any atom is -0.414 e. The molecule has 1 atom stereocenters. The summed E-state index contributed by atoms with van der Waals surface area (Å²) in [5.41, 5.74) is 0.131. The summed E-state index contributed by atoms with van der Waals surface area (Å²) in [5.74, 6) is -0.361. The van der Waals surface area contributed by atoms with Crippen molar-refractivity contribution in [3.63, 3.8) is 0 Å². The standard InChI is InChI=1S/C26H21F3NO3P/c27-26(28,29)21-16-18-22(19-17-21)30-25(20-10-4-1-5-11-20)34(31,32-23-12-6-2-7-13-23)33-24-14-8-3-9-15-24/h1-19,25,30H. The first-order chi connectivity index (χ1) is 16.3. The molecule has 0 aliphatic heterocycles. The van der Waals surface area contributed by atoms with Crippen LogP contribution in [-0.4, -0.2) is 0 Å². The molecule has 1 unspecified atom stereocenters. The summed E-state index contributed by atoms with van der Waals surface area (Å²) in [4.78, 5) is 0. The van der Waals surface area contributed by atoms with Gasteiger partial charge in [0.25, 0.3) is 0 Å². The molecule has 0 saturated carbocycles. The molecule has 0 aromatic heterocycles. The quantitative estimate of drug-likeness (QED) is 0.257. The molecule has 4 rings (SSSR count). The van der Waals surface area contributed by atoms with Gasteiger partial charge < -0.3 is 14.4 Å². The lowest BCUT2D eigenvalue weighted by atomic mass is 10.2. The molecule has 0 radical (unpaired) electrons. The Morgan fingerprint density at radius 1 is 0.647 bits per heavy atom. The fourth-order valence-electron chi connectivity index (χ4n) is 3.27. The Hall–Kier alpha value is -3.70. The number of hydrogen-bond donors (Lipinski definition) is 1. The lowest BCUT2D eigenvalue weighted by molar-refractivity contribution is -0.137. The first-order valence-electron chi connectivity index (χ1n) is 10.4. The van der Waals surface area contributed by atoms with Gasteiger partial charge in [0.1, 0.15) is 11.5 Å². The van der Waals surface area contributed by atoms with Crippen LogP contribution in [0, 0.1) is 0 Å². The molecule has 0 saturated heterocycles. The van der Waals surface area contributed by atoms with E-state index < -0.39 is 25.1 Å². The highest BCUT2D eigenvalue weighted by molar-refractivity contribution is 7.55. The van der Waals surface area contributed by atoms with Gasteiger partial charge >= 0.3 is 13.8 Å². The minimum atomic E-state index is -4.46. The van der Waals surface area contributed by atoms with Crippen molar-refractivity contribution in [3.8, 4) is 11.5 Å². The van der Waals surface area contributed by atoms with Crippen LogP contribution in [0.25, 0.3) is 0 Å². The first-order valence-corrected chi connectivity index (χ1v) is 12.0. The number of para-hydroxylation sites is 2. The highest BCUT2D eigenvalue weighted by atomic mass is 31.2. The molecule has 0 aliphatic carbocycles. The van der Waals surface area contributed by atoms with Crippen molar-refractivity contribution in [1.82, 2.24) is 0 Å². The number of alkyl halides is 3. The Morgan fingerprint density at radius 2 is 1.09 bits per heavy atom. The highest BCUT2D eigenvalue weighted by Crippen LogP contribution is 2.60. The highest BCUT2D eigenvalue weighted by Gasteiger charge is 2.41. The number of anilines is 1. The summed E-state index contributed by atoms with van der Waals surface area (Å²) in [5, 5.41) is 3.07. The monoisotopic (exact) mass is 483 g/mol. The van der Waals surface area contributed by atoms with Gasteiger partial charge in [-0.25, -0.2) is 4.57 Å². The van der Waals surface area contributed by atoms with Crippen LogP contribution >= 0.6 is 7.60 Å². The topological polar surface area (TPSA) is 47.6 Å². The third-order valence-corrected chi connectivity index (χ3v) is 6.89. The van der Waals surface area contributed by atoms with Crippen molar-refractivity contribution >= 4 is 13.3 Å². The van der Waals surface area contributed by atoms with Crippen molar-refractivity contribution in [1.29, 1.82) is 0 Å². The third kappa shape index (κ3) is 5.80. The Labute approximate surface area is 195 Å². The van der Waals surface area contributed by atoms with Crippen molar-refractivity contribution < 1.29 is 26.8 Å². The van der Waals surface area contributed by atoms with E-state index >= 15 is 0 Å². The molecule has 0 fully saturated rings. The van der Waals surface area contributed by atoms with Crippen LogP contribution in [0.15, 0.2) is 115 Å². The van der Waals surface area contributed by atoms with Crippen LogP contribution < -0.4 is 14.4 Å². The van der Waals surface area contributed by atoms with E-state index in [2.05, 4.69) is 5.32 Å². The summed E-state index contributed by atoms with van der Waals surface area (Å²) in [6, 6.07) is 30.5. The molecule has 4 aromatic rings. The fourth-order valence-corrected chi connectivity index (χ4v) is 5.20. The van der Waals surface area contributed by atoms with Gasteiger partial charge in [0.15, 0.2) is 5.78 Å². The Balaban J connectivity index is 1.75. The molecule has 0 bridgehead atoms. The molecule has 4 aromatic carbocycles. The maximum atomic E-state index is 14.4. The van der Waals surface area contributed by atoms with Gasteiger partial charge in [0.2, 0.25) is 0 Å². The SMILES string of the molecule is O=P(Oc1ccccc1)(Oc1ccccc1)C(Nc1ccc(C(F)(F)F)cc1)c1ccccc1. The normalized spacial score (nSPS) is 12.6. The van der Waals surface area contributed by atoms with Crippen molar-refractivity contribution in [2.75, 3.05) is 5.32 Å². The Bertz CT molecular complexity index is 1190. The number of hydrogen-bond acceptors (Lipinski definition) is 4.